The van der Waals surface area contributed by atoms with Crippen molar-refractivity contribution in [2.45, 2.75) is 12.8 Å². The molecule has 0 saturated heterocycles. The van der Waals surface area contributed by atoms with Crippen LogP contribution in [0, 0.1) is 0 Å². The number of nitrogens with zero attached hydrogens (tertiary/aromatic N) is 2. The summed E-state index contributed by atoms with van der Waals surface area (Å²) in [7, 11) is 1.67. The van der Waals surface area contributed by atoms with Gasteiger partial charge in [0, 0.05) is 19.3 Å². The molecule has 0 atom stereocenters. The second-order valence-corrected chi connectivity index (χ2v) is 5.40. The monoisotopic (exact) mass is 297 g/mol. The summed E-state index contributed by atoms with van der Waals surface area (Å²) in [6, 6.07) is 9.51. The highest BCUT2D eigenvalue weighted by molar-refractivity contribution is 5.94. The highest BCUT2D eigenvalue weighted by Crippen LogP contribution is 2.22. The summed E-state index contributed by atoms with van der Waals surface area (Å²) in [5.74, 6) is 1.29. The molecule has 5 nitrogen and oxygen atoms in total. The third kappa shape index (κ3) is 2.88. The molecular formula is C17H19N3O2. The minimum Gasteiger partial charge on any atom is -0.497 e. The van der Waals surface area contributed by atoms with E-state index in [9.17, 15) is 4.79 Å². The molecule has 2 N–H and O–H groups in total. The molecule has 0 aliphatic carbocycles. The fraction of sp³-hybridized carbons (Fsp3) is 0.294. The normalized spacial score (nSPS) is 14.1. The average molecular weight is 297 g/mol. The number of carbonyl (C=O) groups excluding carboxylic acids is 1. The van der Waals surface area contributed by atoms with Gasteiger partial charge in [-0.3, -0.25) is 4.79 Å². The number of aromatic nitrogens is 1. The number of fused-ring (bicyclic) bond motifs is 1. The number of amides is 1. The van der Waals surface area contributed by atoms with Gasteiger partial charge in [0.25, 0.3) is 5.91 Å². The molecule has 1 amide bonds. The van der Waals surface area contributed by atoms with E-state index >= 15 is 0 Å². The Morgan fingerprint density at radius 1 is 1.18 bits per heavy atom. The van der Waals surface area contributed by atoms with E-state index in [-0.39, 0.29) is 5.91 Å². The minimum absolute atomic E-state index is 0.00673. The molecule has 0 bridgehead atoms. The lowest BCUT2D eigenvalue weighted by atomic mass is 10.0. The van der Waals surface area contributed by atoms with E-state index < -0.39 is 0 Å². The van der Waals surface area contributed by atoms with Crippen molar-refractivity contribution in [3.8, 4) is 5.75 Å². The van der Waals surface area contributed by atoms with E-state index in [1.807, 2.05) is 11.0 Å². The average Bonchev–Trinajstić information content (AvgIpc) is 2.76. The number of rotatable bonds is 2. The molecule has 114 valence electrons. The largest absolute Gasteiger partial charge is 0.497 e. The van der Waals surface area contributed by atoms with Gasteiger partial charge in [0.2, 0.25) is 0 Å². The van der Waals surface area contributed by atoms with Crippen LogP contribution in [0.3, 0.4) is 0 Å². The van der Waals surface area contributed by atoms with Crippen LogP contribution in [-0.2, 0) is 12.8 Å². The lowest BCUT2D eigenvalue weighted by Crippen LogP contribution is -2.33. The van der Waals surface area contributed by atoms with Crippen LogP contribution in [0.25, 0.3) is 0 Å². The molecule has 1 aromatic heterocycles. The van der Waals surface area contributed by atoms with E-state index in [0.717, 1.165) is 18.6 Å². The predicted octanol–water partition coefficient (Wildman–Crippen LogP) is 1.91. The summed E-state index contributed by atoms with van der Waals surface area (Å²) in [5, 5.41) is 0. The van der Waals surface area contributed by atoms with Crippen LogP contribution in [-0.4, -0.2) is 36.0 Å². The summed E-state index contributed by atoms with van der Waals surface area (Å²) in [6.45, 7) is 1.41. The van der Waals surface area contributed by atoms with Crippen molar-refractivity contribution < 1.29 is 9.53 Å². The van der Waals surface area contributed by atoms with Crippen molar-refractivity contribution in [3.63, 3.8) is 0 Å². The summed E-state index contributed by atoms with van der Waals surface area (Å²) in [4.78, 5) is 18.4. The molecule has 0 unspecified atom stereocenters. The van der Waals surface area contributed by atoms with Gasteiger partial charge in [-0.1, -0.05) is 6.07 Å². The number of pyridine rings is 1. The Morgan fingerprint density at radius 2 is 1.95 bits per heavy atom. The highest BCUT2D eigenvalue weighted by Gasteiger charge is 2.20. The number of nitrogen functional groups attached to an aromatic ring is 1. The maximum atomic E-state index is 12.6. The van der Waals surface area contributed by atoms with Crippen LogP contribution >= 0.6 is 0 Å². The van der Waals surface area contributed by atoms with Crippen molar-refractivity contribution in [1.29, 1.82) is 0 Å². The molecular weight excluding hydrogens is 278 g/mol. The zero-order valence-corrected chi connectivity index (χ0v) is 12.6. The number of methoxy groups -OCH3 is 1. The van der Waals surface area contributed by atoms with Crippen LogP contribution in [0.4, 0.5) is 5.82 Å². The smallest absolute Gasteiger partial charge is 0.255 e. The Morgan fingerprint density at radius 3 is 2.64 bits per heavy atom. The molecule has 22 heavy (non-hydrogen) atoms. The number of ether oxygens (including phenoxy) is 1. The summed E-state index contributed by atoms with van der Waals surface area (Å²) in [6.07, 6.45) is 3.23. The zero-order chi connectivity index (χ0) is 15.5. The van der Waals surface area contributed by atoms with Crippen LogP contribution in [0.15, 0.2) is 36.5 Å². The van der Waals surface area contributed by atoms with Crippen LogP contribution in [0.1, 0.15) is 21.5 Å². The Balaban J connectivity index is 1.76. The number of anilines is 1. The van der Waals surface area contributed by atoms with E-state index in [2.05, 4.69) is 17.1 Å². The highest BCUT2D eigenvalue weighted by atomic mass is 16.5. The Kier molecular flexibility index (Phi) is 3.96. The van der Waals surface area contributed by atoms with Gasteiger partial charge in [-0.15, -0.1) is 0 Å². The van der Waals surface area contributed by atoms with Gasteiger partial charge in [-0.25, -0.2) is 4.98 Å². The van der Waals surface area contributed by atoms with Gasteiger partial charge in [0.15, 0.2) is 0 Å². The lowest BCUT2D eigenvalue weighted by Gasteiger charge is -2.20. The molecule has 3 rings (SSSR count). The number of hydrogen-bond donors (Lipinski definition) is 1. The maximum absolute atomic E-state index is 12.6. The number of nitrogens with two attached hydrogens (primary N) is 1. The van der Waals surface area contributed by atoms with Gasteiger partial charge in [-0.05, 0) is 48.2 Å². The number of carbonyl (C=O) groups is 1. The van der Waals surface area contributed by atoms with E-state index in [1.165, 1.54) is 11.1 Å². The first-order chi connectivity index (χ1) is 10.7. The molecule has 1 aromatic carbocycles. The Hall–Kier alpha value is -2.56. The van der Waals surface area contributed by atoms with Crippen LogP contribution in [0.2, 0.25) is 0 Å². The molecule has 0 radical (unpaired) electrons. The lowest BCUT2D eigenvalue weighted by molar-refractivity contribution is 0.0762. The van der Waals surface area contributed by atoms with E-state index in [0.29, 0.717) is 24.5 Å². The molecule has 5 heteroatoms. The predicted molar refractivity (Wildman–Crippen MR) is 85.0 cm³/mol. The van der Waals surface area contributed by atoms with Crippen molar-refractivity contribution in [2.24, 2.45) is 0 Å². The van der Waals surface area contributed by atoms with Gasteiger partial charge >= 0.3 is 0 Å². The van der Waals surface area contributed by atoms with Crippen LogP contribution < -0.4 is 10.5 Å². The van der Waals surface area contributed by atoms with Gasteiger partial charge < -0.3 is 15.4 Å². The third-order valence-corrected chi connectivity index (χ3v) is 4.04. The molecule has 0 fully saturated rings. The van der Waals surface area contributed by atoms with Crippen LogP contribution in [0.5, 0.6) is 5.75 Å². The first kappa shape index (κ1) is 14.4. The zero-order valence-electron chi connectivity index (χ0n) is 12.6. The summed E-state index contributed by atoms with van der Waals surface area (Å²) < 4.78 is 5.28. The molecule has 1 aliphatic rings. The van der Waals surface area contributed by atoms with Gasteiger partial charge in [-0.2, -0.15) is 0 Å². The Labute approximate surface area is 129 Å². The fourth-order valence-electron chi connectivity index (χ4n) is 2.75. The molecule has 2 aromatic rings. The second kappa shape index (κ2) is 6.05. The second-order valence-electron chi connectivity index (χ2n) is 5.40. The van der Waals surface area contributed by atoms with E-state index in [1.54, 1.807) is 25.4 Å². The third-order valence-electron chi connectivity index (χ3n) is 4.04. The minimum atomic E-state index is 0.00673. The quantitative estimate of drug-likeness (QED) is 0.919. The topological polar surface area (TPSA) is 68.5 Å². The first-order valence-corrected chi connectivity index (χ1v) is 7.34. The summed E-state index contributed by atoms with van der Waals surface area (Å²) >= 11 is 0. The maximum Gasteiger partial charge on any atom is 0.255 e. The number of hydrogen-bond acceptors (Lipinski definition) is 4. The van der Waals surface area contributed by atoms with E-state index in [4.69, 9.17) is 10.5 Å². The molecule has 1 aliphatic heterocycles. The molecule has 0 saturated carbocycles. The first-order valence-electron chi connectivity index (χ1n) is 7.34. The summed E-state index contributed by atoms with van der Waals surface area (Å²) in [5.41, 5.74) is 8.69. The number of benzene rings is 1. The SMILES string of the molecule is COc1ccc2c(c1)CCN(C(=O)c1ccc(N)nc1)CC2. The van der Waals surface area contributed by atoms with Crippen molar-refractivity contribution in [1.82, 2.24) is 9.88 Å². The molecule has 2 heterocycles. The molecule has 0 spiro atoms. The fourth-order valence-corrected chi connectivity index (χ4v) is 2.75. The van der Waals surface area contributed by atoms with Gasteiger partial charge in [0.1, 0.15) is 11.6 Å². The standard InChI is InChI=1S/C17H19N3O2/c1-22-15-4-2-12-6-8-20(9-7-13(12)10-15)17(21)14-3-5-16(18)19-11-14/h2-5,10-11H,6-9H2,1H3,(H2,18,19). The Bertz CT molecular complexity index is 683. The van der Waals surface area contributed by atoms with Crippen molar-refractivity contribution in [3.05, 3.63) is 53.2 Å². The van der Waals surface area contributed by atoms with Crippen molar-refractivity contribution in [2.75, 3.05) is 25.9 Å². The van der Waals surface area contributed by atoms with Gasteiger partial charge in [0.05, 0.1) is 12.7 Å². The van der Waals surface area contributed by atoms with Crippen molar-refractivity contribution >= 4 is 11.7 Å².